The van der Waals surface area contributed by atoms with Gasteiger partial charge in [0.1, 0.15) is 5.82 Å². The van der Waals surface area contributed by atoms with Crippen LogP contribution in [-0.2, 0) is 5.92 Å². The topological polar surface area (TPSA) is 12.0 Å². The van der Waals surface area contributed by atoms with Crippen LogP contribution in [-0.4, -0.2) is 13.1 Å². The van der Waals surface area contributed by atoms with Gasteiger partial charge in [-0.2, -0.15) is 8.78 Å². The predicted molar refractivity (Wildman–Crippen MR) is 63.0 cm³/mol. The number of hydrogen-bond donors (Lipinski definition) is 1. The third-order valence-corrected chi connectivity index (χ3v) is 2.54. The number of halogens is 4. The molecular formula is C12H15ClF3N. The van der Waals surface area contributed by atoms with E-state index in [0.717, 1.165) is 6.07 Å². The molecule has 0 aliphatic carbocycles. The SMILES string of the molecule is CC(C)CNCC(F)(F)c1c(F)cccc1Cl. The molecule has 0 radical (unpaired) electrons. The molecule has 0 aromatic heterocycles. The molecule has 0 heterocycles. The van der Waals surface area contributed by atoms with Crippen LogP contribution < -0.4 is 5.32 Å². The molecular weight excluding hydrogens is 251 g/mol. The van der Waals surface area contributed by atoms with E-state index in [-0.39, 0.29) is 10.9 Å². The van der Waals surface area contributed by atoms with Crippen LogP contribution in [0.2, 0.25) is 5.02 Å². The molecule has 0 amide bonds. The highest BCUT2D eigenvalue weighted by atomic mass is 35.5. The lowest BCUT2D eigenvalue weighted by molar-refractivity contribution is -0.00681. The van der Waals surface area contributed by atoms with Crippen LogP contribution in [0.15, 0.2) is 18.2 Å². The monoisotopic (exact) mass is 265 g/mol. The Morgan fingerprint density at radius 1 is 1.35 bits per heavy atom. The van der Waals surface area contributed by atoms with Crippen molar-refractivity contribution < 1.29 is 13.2 Å². The molecule has 0 fully saturated rings. The first-order valence-corrected chi connectivity index (χ1v) is 5.75. The van der Waals surface area contributed by atoms with Crippen molar-refractivity contribution in [1.82, 2.24) is 5.32 Å². The van der Waals surface area contributed by atoms with Crippen LogP contribution in [0.5, 0.6) is 0 Å². The Balaban J connectivity index is 2.82. The molecule has 0 atom stereocenters. The molecule has 1 rings (SSSR count). The number of hydrogen-bond acceptors (Lipinski definition) is 1. The maximum absolute atomic E-state index is 13.7. The highest BCUT2D eigenvalue weighted by Gasteiger charge is 2.36. The van der Waals surface area contributed by atoms with Gasteiger partial charge in [-0.25, -0.2) is 4.39 Å². The van der Waals surface area contributed by atoms with Gasteiger partial charge in [-0.15, -0.1) is 0 Å². The van der Waals surface area contributed by atoms with E-state index < -0.39 is 23.8 Å². The number of alkyl halides is 2. The summed E-state index contributed by atoms with van der Waals surface area (Å²) in [6, 6.07) is 3.55. The number of rotatable bonds is 5. The second-order valence-corrected chi connectivity index (χ2v) is 4.73. The highest BCUT2D eigenvalue weighted by molar-refractivity contribution is 6.31. The van der Waals surface area contributed by atoms with Gasteiger partial charge < -0.3 is 5.32 Å². The molecule has 0 aliphatic rings. The first-order chi connectivity index (χ1) is 7.84. The summed E-state index contributed by atoms with van der Waals surface area (Å²) >= 11 is 5.61. The van der Waals surface area contributed by atoms with Crippen molar-refractivity contribution in [2.45, 2.75) is 19.8 Å². The van der Waals surface area contributed by atoms with Gasteiger partial charge >= 0.3 is 0 Å². The minimum absolute atomic E-state index is 0.249. The molecule has 1 aromatic carbocycles. The lowest BCUT2D eigenvalue weighted by atomic mass is 10.1. The second-order valence-electron chi connectivity index (χ2n) is 4.33. The summed E-state index contributed by atoms with van der Waals surface area (Å²) in [5.74, 6) is -4.03. The average Bonchev–Trinajstić information content (AvgIpc) is 2.15. The van der Waals surface area contributed by atoms with Crippen LogP contribution in [0.4, 0.5) is 13.2 Å². The summed E-state index contributed by atoms with van der Waals surface area (Å²) in [4.78, 5) is 0. The van der Waals surface area contributed by atoms with Crippen LogP contribution >= 0.6 is 11.6 Å². The van der Waals surface area contributed by atoms with E-state index in [9.17, 15) is 13.2 Å². The Bertz CT molecular complexity index is 360. The predicted octanol–water partition coefficient (Wildman–Crippen LogP) is 3.82. The molecule has 96 valence electrons. The summed E-state index contributed by atoms with van der Waals surface area (Å²) in [5.41, 5.74) is -0.738. The summed E-state index contributed by atoms with van der Waals surface area (Å²) in [7, 11) is 0. The van der Waals surface area contributed by atoms with E-state index in [4.69, 9.17) is 11.6 Å². The van der Waals surface area contributed by atoms with E-state index in [1.54, 1.807) is 0 Å². The smallest absolute Gasteiger partial charge is 0.289 e. The molecule has 17 heavy (non-hydrogen) atoms. The molecule has 0 bridgehead atoms. The highest BCUT2D eigenvalue weighted by Crippen LogP contribution is 2.34. The van der Waals surface area contributed by atoms with E-state index in [0.29, 0.717) is 6.54 Å². The Labute approximate surface area is 104 Å². The summed E-state index contributed by atoms with van der Waals surface area (Å²) in [6.07, 6.45) is 0. The molecule has 1 aromatic rings. The molecule has 5 heteroatoms. The lowest BCUT2D eigenvalue weighted by Gasteiger charge is -2.20. The molecule has 0 saturated carbocycles. The van der Waals surface area contributed by atoms with Crippen LogP contribution in [0.3, 0.4) is 0 Å². The molecule has 1 nitrogen and oxygen atoms in total. The molecule has 0 saturated heterocycles. The zero-order chi connectivity index (χ0) is 13.1. The van der Waals surface area contributed by atoms with Gasteiger partial charge in [0.05, 0.1) is 17.1 Å². The summed E-state index contributed by atoms with van der Waals surface area (Å²) in [6.45, 7) is 3.63. The molecule has 0 spiro atoms. The van der Waals surface area contributed by atoms with Gasteiger partial charge in [-0.3, -0.25) is 0 Å². The Hall–Kier alpha value is -0.740. The number of benzene rings is 1. The van der Waals surface area contributed by atoms with Crippen LogP contribution in [0.25, 0.3) is 0 Å². The van der Waals surface area contributed by atoms with Gasteiger partial charge in [-0.1, -0.05) is 31.5 Å². The van der Waals surface area contributed by atoms with Crippen LogP contribution in [0.1, 0.15) is 19.4 Å². The first-order valence-electron chi connectivity index (χ1n) is 5.37. The fraction of sp³-hybridized carbons (Fsp3) is 0.500. The molecule has 0 unspecified atom stereocenters. The van der Waals surface area contributed by atoms with Gasteiger partial charge in [0.25, 0.3) is 5.92 Å². The largest absolute Gasteiger partial charge is 0.311 e. The minimum Gasteiger partial charge on any atom is -0.311 e. The van der Waals surface area contributed by atoms with E-state index >= 15 is 0 Å². The summed E-state index contributed by atoms with van der Waals surface area (Å²) < 4.78 is 40.8. The lowest BCUT2D eigenvalue weighted by Crippen LogP contribution is -2.33. The van der Waals surface area contributed by atoms with Gasteiger partial charge in [0, 0.05) is 0 Å². The van der Waals surface area contributed by atoms with E-state index in [2.05, 4.69) is 5.32 Å². The van der Waals surface area contributed by atoms with Crippen molar-refractivity contribution in [3.05, 3.63) is 34.6 Å². The van der Waals surface area contributed by atoms with Crippen molar-refractivity contribution >= 4 is 11.6 Å². The Morgan fingerprint density at radius 3 is 2.53 bits per heavy atom. The van der Waals surface area contributed by atoms with Crippen molar-refractivity contribution in [3.63, 3.8) is 0 Å². The van der Waals surface area contributed by atoms with Gasteiger partial charge in [0.15, 0.2) is 0 Å². The van der Waals surface area contributed by atoms with Crippen LogP contribution in [0, 0.1) is 11.7 Å². The van der Waals surface area contributed by atoms with E-state index in [1.165, 1.54) is 12.1 Å². The standard InChI is InChI=1S/C12H15ClF3N/c1-8(2)6-17-7-12(15,16)11-9(13)4-3-5-10(11)14/h3-5,8,17H,6-7H2,1-2H3. The number of nitrogens with one attached hydrogen (secondary N) is 1. The van der Waals surface area contributed by atoms with Crippen molar-refractivity contribution in [3.8, 4) is 0 Å². The third kappa shape index (κ3) is 3.89. The maximum atomic E-state index is 13.7. The molecule has 1 N–H and O–H groups in total. The minimum atomic E-state index is -3.31. The van der Waals surface area contributed by atoms with E-state index in [1.807, 2.05) is 13.8 Å². The Kier molecular flexibility index (Phi) is 4.83. The maximum Gasteiger partial charge on any atom is 0.289 e. The fourth-order valence-corrected chi connectivity index (χ4v) is 1.75. The van der Waals surface area contributed by atoms with Crippen molar-refractivity contribution in [1.29, 1.82) is 0 Å². The average molecular weight is 266 g/mol. The Morgan fingerprint density at radius 2 is 2.00 bits per heavy atom. The zero-order valence-electron chi connectivity index (χ0n) is 9.74. The van der Waals surface area contributed by atoms with Gasteiger partial charge in [0.2, 0.25) is 0 Å². The van der Waals surface area contributed by atoms with Crippen molar-refractivity contribution in [2.24, 2.45) is 5.92 Å². The van der Waals surface area contributed by atoms with Gasteiger partial charge in [-0.05, 0) is 24.6 Å². The second kappa shape index (κ2) is 5.74. The molecule has 0 aliphatic heterocycles. The fourth-order valence-electron chi connectivity index (χ4n) is 1.45. The summed E-state index contributed by atoms with van der Waals surface area (Å²) in [5, 5.41) is 2.35. The first kappa shape index (κ1) is 14.3. The normalized spacial score (nSPS) is 12.2. The zero-order valence-corrected chi connectivity index (χ0v) is 10.5. The quantitative estimate of drug-likeness (QED) is 0.853. The third-order valence-electron chi connectivity index (χ3n) is 2.23. The van der Waals surface area contributed by atoms with Crippen molar-refractivity contribution in [2.75, 3.05) is 13.1 Å².